The lowest BCUT2D eigenvalue weighted by Gasteiger charge is -2.13. The Kier molecular flexibility index (Phi) is 5.78. The maximum Gasteiger partial charge on any atom is 0.244 e. The molecule has 1 N–H and O–H groups in total. The Balaban J connectivity index is 3.07. The third-order valence-corrected chi connectivity index (χ3v) is 4.74. The Bertz CT molecular complexity index is 520. The van der Waals surface area contributed by atoms with Gasteiger partial charge in [0.15, 0.2) is 0 Å². The topological polar surface area (TPSA) is 54.3 Å². The van der Waals surface area contributed by atoms with Crippen molar-refractivity contribution in [2.45, 2.75) is 31.8 Å². The van der Waals surface area contributed by atoms with Gasteiger partial charge in [0.25, 0.3) is 0 Å². The normalized spacial score (nSPS) is 12.0. The second-order valence-corrected chi connectivity index (χ2v) is 6.35. The van der Waals surface area contributed by atoms with E-state index in [0.717, 1.165) is 18.8 Å². The van der Waals surface area contributed by atoms with Crippen LogP contribution in [0.25, 0.3) is 0 Å². The molecule has 0 unspecified atom stereocenters. The summed E-state index contributed by atoms with van der Waals surface area (Å²) in [4.78, 5) is 0.339. The lowest BCUT2D eigenvalue weighted by molar-refractivity contribution is 0.499. The van der Waals surface area contributed by atoms with E-state index in [4.69, 9.17) is 0 Å². The molecule has 0 amide bonds. The van der Waals surface area contributed by atoms with E-state index in [1.807, 2.05) is 18.4 Å². The highest BCUT2D eigenvalue weighted by Gasteiger charge is 2.22. The number of nitrogens with zero attached hydrogens (tertiary/aromatic N) is 2. The van der Waals surface area contributed by atoms with Gasteiger partial charge in [-0.3, -0.25) is 0 Å². The van der Waals surface area contributed by atoms with Crippen molar-refractivity contribution in [2.24, 2.45) is 0 Å². The molecular formula is C13H23N3O2S. The maximum absolute atomic E-state index is 12.3. The van der Waals surface area contributed by atoms with Crippen molar-refractivity contribution in [3.05, 3.63) is 30.6 Å². The van der Waals surface area contributed by atoms with Crippen LogP contribution in [0.2, 0.25) is 0 Å². The van der Waals surface area contributed by atoms with E-state index in [1.54, 1.807) is 25.4 Å². The van der Waals surface area contributed by atoms with Gasteiger partial charge in [0.1, 0.15) is 4.90 Å². The molecule has 0 aliphatic carbocycles. The van der Waals surface area contributed by atoms with Gasteiger partial charge in [-0.2, -0.15) is 4.31 Å². The minimum atomic E-state index is -3.42. The Labute approximate surface area is 116 Å². The number of hydrogen-bond donors (Lipinski definition) is 1. The van der Waals surface area contributed by atoms with Gasteiger partial charge < -0.3 is 9.88 Å². The summed E-state index contributed by atoms with van der Waals surface area (Å²) < 4.78 is 27.9. The van der Waals surface area contributed by atoms with E-state index >= 15 is 0 Å². The van der Waals surface area contributed by atoms with Crippen LogP contribution in [0.5, 0.6) is 0 Å². The lowest BCUT2D eigenvalue weighted by Crippen LogP contribution is -2.26. The van der Waals surface area contributed by atoms with Crippen molar-refractivity contribution >= 4 is 10.0 Å². The largest absolute Gasteiger partial charge is 0.349 e. The average Bonchev–Trinajstić information content (AvgIpc) is 2.80. The van der Waals surface area contributed by atoms with Crippen LogP contribution in [0.4, 0.5) is 0 Å². The molecule has 0 atom stereocenters. The minimum absolute atomic E-state index is 0.308. The van der Waals surface area contributed by atoms with Crippen LogP contribution in [0.15, 0.2) is 29.8 Å². The van der Waals surface area contributed by atoms with Crippen LogP contribution in [0.3, 0.4) is 0 Å². The number of likely N-dealkylation sites (N-methyl/N-ethyl adjacent to an activating group) is 1. The third-order valence-electron chi connectivity index (χ3n) is 2.95. The van der Waals surface area contributed by atoms with Crippen LogP contribution in [0, 0.1) is 0 Å². The molecule has 0 radical (unpaired) electrons. The van der Waals surface area contributed by atoms with Gasteiger partial charge in [-0.15, -0.1) is 6.58 Å². The summed E-state index contributed by atoms with van der Waals surface area (Å²) >= 11 is 0. The van der Waals surface area contributed by atoms with Crippen LogP contribution in [0.1, 0.15) is 19.5 Å². The van der Waals surface area contributed by atoms with Crippen molar-refractivity contribution in [1.29, 1.82) is 0 Å². The summed E-state index contributed by atoms with van der Waals surface area (Å²) in [6.07, 6.45) is 3.27. The summed E-state index contributed by atoms with van der Waals surface area (Å²) in [6.45, 7) is 10.2. The number of aromatic nitrogens is 1. The molecule has 0 fully saturated rings. The molecule has 1 rings (SSSR count). The van der Waals surface area contributed by atoms with Crippen molar-refractivity contribution in [2.75, 3.05) is 20.1 Å². The predicted molar refractivity (Wildman–Crippen MR) is 77.5 cm³/mol. The van der Waals surface area contributed by atoms with Gasteiger partial charge in [-0.1, -0.05) is 13.0 Å². The number of sulfonamides is 1. The van der Waals surface area contributed by atoms with E-state index in [2.05, 4.69) is 11.9 Å². The fraction of sp³-hybridized carbons (Fsp3) is 0.538. The Morgan fingerprint density at radius 1 is 1.47 bits per heavy atom. The summed E-state index contributed by atoms with van der Waals surface area (Å²) in [6, 6.07) is 1.74. The lowest BCUT2D eigenvalue weighted by atomic mass is 10.4. The highest BCUT2D eigenvalue weighted by Crippen LogP contribution is 2.18. The first-order valence-corrected chi connectivity index (χ1v) is 7.88. The van der Waals surface area contributed by atoms with E-state index in [9.17, 15) is 8.42 Å². The average molecular weight is 285 g/mol. The molecule has 0 aliphatic rings. The number of rotatable bonds is 8. The second kappa shape index (κ2) is 6.88. The number of aryl methyl sites for hydroxylation is 1. The molecule has 1 aromatic rings. The molecule has 0 aromatic carbocycles. The molecule has 5 nitrogen and oxygen atoms in total. The summed E-state index contributed by atoms with van der Waals surface area (Å²) in [5.74, 6) is 0. The van der Waals surface area contributed by atoms with Gasteiger partial charge in [-0.05, 0) is 19.5 Å². The maximum atomic E-state index is 12.3. The molecule has 1 heterocycles. The fourth-order valence-electron chi connectivity index (χ4n) is 1.82. The monoisotopic (exact) mass is 285 g/mol. The van der Waals surface area contributed by atoms with Gasteiger partial charge >= 0.3 is 0 Å². The zero-order valence-corrected chi connectivity index (χ0v) is 12.7. The summed E-state index contributed by atoms with van der Waals surface area (Å²) in [5, 5.41) is 3.21. The highest BCUT2D eigenvalue weighted by atomic mass is 32.2. The standard InChI is InChI=1S/C13H23N3O2S/c1-5-8-15(4)19(17,18)13-9-12(10-14-6-2)16(7-3)11-13/h5,9,11,14H,1,6-8,10H2,2-4H3. The first kappa shape index (κ1) is 15.9. The minimum Gasteiger partial charge on any atom is -0.349 e. The van der Waals surface area contributed by atoms with Crippen molar-refractivity contribution < 1.29 is 8.42 Å². The fourth-order valence-corrected chi connectivity index (χ4v) is 3.03. The summed E-state index contributed by atoms with van der Waals surface area (Å²) in [7, 11) is -1.86. The molecule has 0 spiro atoms. The molecule has 1 aromatic heterocycles. The van der Waals surface area contributed by atoms with Gasteiger partial charge in [0.05, 0.1) is 0 Å². The molecule has 0 saturated carbocycles. The molecule has 19 heavy (non-hydrogen) atoms. The summed E-state index contributed by atoms with van der Waals surface area (Å²) in [5.41, 5.74) is 0.981. The number of hydrogen-bond acceptors (Lipinski definition) is 3. The molecule has 6 heteroatoms. The van der Waals surface area contributed by atoms with E-state index in [0.29, 0.717) is 18.0 Å². The molecule has 108 valence electrons. The highest BCUT2D eigenvalue weighted by molar-refractivity contribution is 7.89. The Morgan fingerprint density at radius 2 is 2.16 bits per heavy atom. The third kappa shape index (κ3) is 3.68. The van der Waals surface area contributed by atoms with Crippen molar-refractivity contribution in [3.63, 3.8) is 0 Å². The van der Waals surface area contributed by atoms with Crippen molar-refractivity contribution in [1.82, 2.24) is 14.2 Å². The second-order valence-electron chi connectivity index (χ2n) is 4.31. The van der Waals surface area contributed by atoms with Crippen LogP contribution >= 0.6 is 0 Å². The molecule has 0 aliphatic heterocycles. The first-order valence-electron chi connectivity index (χ1n) is 6.44. The van der Waals surface area contributed by atoms with E-state index in [-0.39, 0.29) is 0 Å². The first-order chi connectivity index (χ1) is 8.97. The molecular weight excluding hydrogens is 262 g/mol. The Morgan fingerprint density at radius 3 is 2.68 bits per heavy atom. The number of nitrogens with one attached hydrogen (secondary N) is 1. The van der Waals surface area contributed by atoms with Gasteiger partial charge in [0.2, 0.25) is 10.0 Å². The zero-order valence-electron chi connectivity index (χ0n) is 11.9. The van der Waals surface area contributed by atoms with Gasteiger partial charge in [0, 0.05) is 38.6 Å². The zero-order chi connectivity index (χ0) is 14.5. The van der Waals surface area contributed by atoms with Gasteiger partial charge in [-0.25, -0.2) is 8.42 Å². The van der Waals surface area contributed by atoms with Crippen LogP contribution < -0.4 is 5.32 Å². The quantitative estimate of drug-likeness (QED) is 0.735. The van der Waals surface area contributed by atoms with Crippen LogP contribution in [-0.4, -0.2) is 37.4 Å². The van der Waals surface area contributed by atoms with Crippen molar-refractivity contribution in [3.8, 4) is 0 Å². The predicted octanol–water partition coefficient (Wildman–Crippen LogP) is 1.42. The molecule has 0 bridgehead atoms. The van der Waals surface area contributed by atoms with E-state index in [1.165, 1.54) is 4.31 Å². The van der Waals surface area contributed by atoms with Crippen LogP contribution in [-0.2, 0) is 23.1 Å². The smallest absolute Gasteiger partial charge is 0.244 e. The van der Waals surface area contributed by atoms with E-state index < -0.39 is 10.0 Å². The SMILES string of the molecule is C=CCN(C)S(=O)(=O)c1cc(CNCC)n(CC)c1. The Hall–Kier alpha value is -1.11. The molecule has 0 saturated heterocycles.